The number of amides is 1. The molecule has 4 nitrogen and oxygen atoms in total. The van der Waals surface area contributed by atoms with E-state index in [0.717, 1.165) is 6.42 Å². The van der Waals surface area contributed by atoms with Gasteiger partial charge in [-0.2, -0.15) is 0 Å². The van der Waals surface area contributed by atoms with E-state index in [9.17, 15) is 14.7 Å². The number of carbonyl (C=O) groups excluding carboxylic acids is 1. The van der Waals surface area contributed by atoms with Gasteiger partial charge in [0, 0.05) is 5.69 Å². The first-order chi connectivity index (χ1) is 9.16. The lowest BCUT2D eigenvalue weighted by molar-refractivity contribution is -0.146. The van der Waals surface area contributed by atoms with Gasteiger partial charge in [-0.1, -0.05) is 30.4 Å². The molecule has 0 spiro atoms. The van der Waals surface area contributed by atoms with Gasteiger partial charge in [-0.05, 0) is 30.4 Å². The molecular formula is C15H15NO3. The predicted octanol–water partition coefficient (Wildman–Crippen LogP) is 2.15. The van der Waals surface area contributed by atoms with Crippen molar-refractivity contribution in [1.82, 2.24) is 0 Å². The molecule has 3 rings (SSSR count). The topological polar surface area (TPSA) is 66.4 Å². The van der Waals surface area contributed by atoms with Crippen molar-refractivity contribution in [1.29, 1.82) is 0 Å². The molecule has 0 heterocycles. The van der Waals surface area contributed by atoms with Crippen molar-refractivity contribution >= 4 is 17.6 Å². The van der Waals surface area contributed by atoms with Crippen LogP contribution in [-0.4, -0.2) is 17.0 Å². The number of allylic oxidation sites excluding steroid dienone is 2. The van der Waals surface area contributed by atoms with E-state index in [4.69, 9.17) is 0 Å². The van der Waals surface area contributed by atoms with Gasteiger partial charge in [0.05, 0.1) is 11.8 Å². The standard InChI is InChI=1S/C15H15NO3/c17-14(16-11-4-2-1-3-5-11)12-9-6-7-10(8-9)13(12)15(18)19/h1-7,9-10,12-13H,8H2,(H,16,17)(H,18,19)/t9-,10-,12+,13+/m0/s1. The number of benzene rings is 1. The van der Waals surface area contributed by atoms with E-state index >= 15 is 0 Å². The van der Waals surface area contributed by atoms with Gasteiger partial charge in [0.2, 0.25) is 5.91 Å². The third-order valence-electron chi connectivity index (χ3n) is 4.09. The molecule has 1 saturated carbocycles. The van der Waals surface area contributed by atoms with Gasteiger partial charge >= 0.3 is 5.97 Å². The van der Waals surface area contributed by atoms with Crippen LogP contribution in [0.5, 0.6) is 0 Å². The maximum Gasteiger partial charge on any atom is 0.307 e. The Hall–Kier alpha value is -2.10. The van der Waals surface area contributed by atoms with Crippen LogP contribution in [0.1, 0.15) is 6.42 Å². The Labute approximate surface area is 111 Å². The number of rotatable bonds is 3. The van der Waals surface area contributed by atoms with Crippen molar-refractivity contribution < 1.29 is 14.7 Å². The number of para-hydroxylation sites is 1. The summed E-state index contributed by atoms with van der Waals surface area (Å²) < 4.78 is 0. The normalized spacial score (nSPS) is 31.4. The number of carboxylic acid groups (broad SMARTS) is 1. The Balaban J connectivity index is 1.79. The van der Waals surface area contributed by atoms with Crippen molar-refractivity contribution in [3.63, 3.8) is 0 Å². The molecule has 19 heavy (non-hydrogen) atoms. The maximum atomic E-state index is 12.3. The van der Waals surface area contributed by atoms with Crippen LogP contribution in [-0.2, 0) is 9.59 Å². The number of fused-ring (bicyclic) bond motifs is 2. The number of nitrogens with one attached hydrogen (secondary N) is 1. The minimum Gasteiger partial charge on any atom is -0.481 e. The SMILES string of the molecule is O=C(O)[C@H]1[C@H](C(=O)Nc2ccccc2)[C@H]2C=C[C@H]1C2. The van der Waals surface area contributed by atoms with Crippen LogP contribution < -0.4 is 5.32 Å². The fourth-order valence-corrected chi connectivity index (χ4v) is 3.26. The largest absolute Gasteiger partial charge is 0.481 e. The molecule has 1 aromatic carbocycles. The maximum absolute atomic E-state index is 12.3. The summed E-state index contributed by atoms with van der Waals surface area (Å²) in [4.78, 5) is 23.7. The molecule has 2 aliphatic rings. The van der Waals surface area contributed by atoms with E-state index < -0.39 is 17.8 Å². The third kappa shape index (κ3) is 2.03. The average molecular weight is 257 g/mol. The van der Waals surface area contributed by atoms with E-state index in [0.29, 0.717) is 5.69 Å². The zero-order chi connectivity index (χ0) is 13.4. The summed E-state index contributed by atoms with van der Waals surface area (Å²) >= 11 is 0. The zero-order valence-corrected chi connectivity index (χ0v) is 10.3. The number of carbonyl (C=O) groups is 2. The van der Waals surface area contributed by atoms with E-state index in [1.54, 1.807) is 12.1 Å². The van der Waals surface area contributed by atoms with Crippen molar-refractivity contribution in [2.45, 2.75) is 6.42 Å². The number of hydrogen-bond acceptors (Lipinski definition) is 2. The second-order valence-corrected chi connectivity index (χ2v) is 5.19. The molecular weight excluding hydrogens is 242 g/mol. The molecule has 2 bridgehead atoms. The molecule has 1 aromatic rings. The highest BCUT2D eigenvalue weighted by Gasteiger charge is 2.51. The highest BCUT2D eigenvalue weighted by molar-refractivity contribution is 5.96. The summed E-state index contributed by atoms with van der Waals surface area (Å²) in [5.41, 5.74) is 0.711. The van der Waals surface area contributed by atoms with E-state index in [2.05, 4.69) is 5.32 Å². The van der Waals surface area contributed by atoms with E-state index in [1.165, 1.54) is 0 Å². The Kier molecular flexibility index (Phi) is 2.85. The molecule has 0 radical (unpaired) electrons. The summed E-state index contributed by atoms with van der Waals surface area (Å²) in [5, 5.41) is 12.1. The zero-order valence-electron chi connectivity index (χ0n) is 10.3. The molecule has 2 N–H and O–H groups in total. The van der Waals surface area contributed by atoms with E-state index in [-0.39, 0.29) is 17.7 Å². The quantitative estimate of drug-likeness (QED) is 0.815. The number of carboxylic acids is 1. The van der Waals surface area contributed by atoms with Crippen molar-refractivity contribution in [2.24, 2.45) is 23.7 Å². The Morgan fingerprint density at radius 1 is 1.05 bits per heavy atom. The third-order valence-corrected chi connectivity index (χ3v) is 4.09. The molecule has 98 valence electrons. The van der Waals surface area contributed by atoms with Gasteiger partial charge in [-0.25, -0.2) is 0 Å². The number of aliphatic carboxylic acids is 1. The molecule has 0 saturated heterocycles. The van der Waals surface area contributed by atoms with Crippen LogP contribution in [0.25, 0.3) is 0 Å². The van der Waals surface area contributed by atoms with Gasteiger partial charge in [0.15, 0.2) is 0 Å². The lowest BCUT2D eigenvalue weighted by Crippen LogP contribution is -2.36. The summed E-state index contributed by atoms with van der Waals surface area (Å²) in [6.07, 6.45) is 4.71. The molecule has 0 aromatic heterocycles. The summed E-state index contributed by atoms with van der Waals surface area (Å²) in [6.45, 7) is 0. The predicted molar refractivity (Wildman–Crippen MR) is 70.4 cm³/mol. The van der Waals surface area contributed by atoms with Crippen molar-refractivity contribution in [2.75, 3.05) is 5.32 Å². The molecule has 0 unspecified atom stereocenters. The number of hydrogen-bond donors (Lipinski definition) is 2. The summed E-state index contributed by atoms with van der Waals surface area (Å²) in [6, 6.07) is 9.15. The second kappa shape index (κ2) is 4.53. The van der Waals surface area contributed by atoms with Crippen LogP contribution >= 0.6 is 0 Å². The Morgan fingerprint density at radius 2 is 1.68 bits per heavy atom. The van der Waals surface area contributed by atoms with Gasteiger partial charge < -0.3 is 10.4 Å². The van der Waals surface area contributed by atoms with Crippen LogP contribution in [0.2, 0.25) is 0 Å². The lowest BCUT2D eigenvalue weighted by Gasteiger charge is -2.23. The smallest absolute Gasteiger partial charge is 0.307 e. The molecule has 0 aliphatic heterocycles. The van der Waals surface area contributed by atoms with Gasteiger partial charge in [0.1, 0.15) is 0 Å². The first-order valence-electron chi connectivity index (χ1n) is 6.44. The molecule has 1 fully saturated rings. The molecule has 1 amide bonds. The van der Waals surface area contributed by atoms with Crippen molar-refractivity contribution in [3.8, 4) is 0 Å². The first-order valence-corrected chi connectivity index (χ1v) is 6.44. The van der Waals surface area contributed by atoms with Crippen LogP contribution in [0, 0.1) is 23.7 Å². The highest BCUT2D eigenvalue weighted by atomic mass is 16.4. The van der Waals surface area contributed by atoms with E-state index in [1.807, 2.05) is 30.4 Å². The number of anilines is 1. The molecule has 2 aliphatic carbocycles. The Morgan fingerprint density at radius 3 is 2.32 bits per heavy atom. The monoisotopic (exact) mass is 257 g/mol. The highest BCUT2D eigenvalue weighted by Crippen LogP contribution is 2.48. The summed E-state index contributed by atoms with van der Waals surface area (Å²) in [5.74, 6) is -2.02. The fraction of sp³-hybridized carbons (Fsp3) is 0.333. The van der Waals surface area contributed by atoms with Crippen LogP contribution in [0.15, 0.2) is 42.5 Å². The minimum atomic E-state index is -0.870. The van der Waals surface area contributed by atoms with Gasteiger partial charge in [-0.15, -0.1) is 0 Å². The second-order valence-electron chi connectivity index (χ2n) is 5.19. The average Bonchev–Trinajstić information content (AvgIpc) is 2.99. The van der Waals surface area contributed by atoms with Gasteiger partial charge in [-0.3, -0.25) is 9.59 Å². The van der Waals surface area contributed by atoms with Crippen LogP contribution in [0.3, 0.4) is 0 Å². The fourth-order valence-electron chi connectivity index (χ4n) is 3.26. The van der Waals surface area contributed by atoms with Crippen molar-refractivity contribution in [3.05, 3.63) is 42.5 Å². The van der Waals surface area contributed by atoms with Gasteiger partial charge in [0.25, 0.3) is 0 Å². The Bertz CT molecular complexity index is 538. The molecule has 4 atom stereocenters. The minimum absolute atomic E-state index is 0.00835. The van der Waals surface area contributed by atoms with Crippen LogP contribution in [0.4, 0.5) is 5.69 Å². The molecule has 4 heteroatoms. The lowest BCUT2D eigenvalue weighted by atomic mass is 9.82. The summed E-state index contributed by atoms with van der Waals surface area (Å²) in [7, 11) is 0. The first kappa shape index (κ1) is 12.0.